The van der Waals surface area contributed by atoms with Gasteiger partial charge in [-0.2, -0.15) is 5.26 Å². The van der Waals surface area contributed by atoms with Crippen molar-refractivity contribution in [2.75, 3.05) is 23.8 Å². The van der Waals surface area contributed by atoms with E-state index in [1.165, 1.54) is 35.9 Å². The second kappa shape index (κ2) is 11.6. The van der Waals surface area contributed by atoms with Crippen molar-refractivity contribution in [2.24, 2.45) is 17.8 Å². The first kappa shape index (κ1) is 26.3. The summed E-state index contributed by atoms with van der Waals surface area (Å²) >= 11 is 1.32. The van der Waals surface area contributed by atoms with E-state index >= 15 is 0 Å². The lowest BCUT2D eigenvalue weighted by molar-refractivity contribution is -0.124. The first-order valence-electron chi connectivity index (χ1n) is 13.4. The molecule has 2 amide bonds. The Morgan fingerprint density at radius 2 is 1.61 bits per heavy atom. The number of hydrogen-bond donors (Lipinski definition) is 1. The van der Waals surface area contributed by atoms with E-state index in [1.807, 2.05) is 18.2 Å². The predicted octanol–water partition coefficient (Wildman–Crippen LogP) is 4.97. The first-order chi connectivity index (χ1) is 18.4. The maximum absolute atomic E-state index is 13.0. The molecular formula is C30H33N3O4S. The number of hydrogen-bond acceptors (Lipinski definition) is 6. The zero-order valence-corrected chi connectivity index (χ0v) is 22.3. The highest BCUT2D eigenvalue weighted by Gasteiger charge is 2.51. The molecule has 0 heterocycles. The minimum atomic E-state index is -0.615. The summed E-state index contributed by atoms with van der Waals surface area (Å²) in [5.41, 5.74) is 0.933. The Bertz CT molecular complexity index is 1190. The second-order valence-electron chi connectivity index (χ2n) is 10.9. The van der Waals surface area contributed by atoms with Gasteiger partial charge in [0.2, 0.25) is 5.91 Å². The van der Waals surface area contributed by atoms with E-state index in [-0.39, 0.29) is 30.2 Å². The Labute approximate surface area is 227 Å². The third-order valence-electron chi connectivity index (χ3n) is 8.05. The van der Waals surface area contributed by atoms with Gasteiger partial charge in [0, 0.05) is 22.7 Å². The molecule has 4 fully saturated rings. The number of nitrogens with zero attached hydrogens (tertiary/aromatic N) is 2. The summed E-state index contributed by atoms with van der Waals surface area (Å²) in [6.45, 7) is -0.229. The van der Waals surface area contributed by atoms with Crippen LogP contribution in [0.1, 0.15) is 55.3 Å². The van der Waals surface area contributed by atoms with Crippen LogP contribution in [0.25, 0.3) is 0 Å². The van der Waals surface area contributed by atoms with Crippen LogP contribution in [-0.2, 0) is 14.3 Å². The van der Waals surface area contributed by atoms with Crippen LogP contribution >= 0.6 is 11.8 Å². The van der Waals surface area contributed by atoms with E-state index in [4.69, 9.17) is 10.00 Å². The molecule has 0 radical (unpaired) electrons. The van der Waals surface area contributed by atoms with Gasteiger partial charge in [0.15, 0.2) is 6.61 Å². The van der Waals surface area contributed by atoms with E-state index in [1.54, 1.807) is 42.5 Å². The standard InChI is InChI=1S/C30H33N3O4S/c31-11-6-12-33(24-7-2-1-3-8-24)28(35)19-37-29(36)25-9-4-5-10-26(25)38-20-27(34)32-30-16-21-13-22(17-30)15-23(14-21)18-30/h1-5,7-10,21-23H,6,12-20H2,(H,32,34). The fourth-order valence-corrected chi connectivity index (χ4v) is 7.79. The van der Waals surface area contributed by atoms with Crippen LogP contribution in [-0.4, -0.2) is 42.2 Å². The highest BCUT2D eigenvalue weighted by molar-refractivity contribution is 8.00. The van der Waals surface area contributed by atoms with E-state index < -0.39 is 18.5 Å². The summed E-state index contributed by atoms with van der Waals surface area (Å²) in [7, 11) is 0. The van der Waals surface area contributed by atoms with Crippen LogP contribution < -0.4 is 10.2 Å². The number of amides is 2. The molecule has 198 valence electrons. The Kier molecular flexibility index (Phi) is 8.04. The van der Waals surface area contributed by atoms with Crippen LogP contribution in [0.5, 0.6) is 0 Å². The Morgan fingerprint density at radius 1 is 0.974 bits per heavy atom. The molecule has 6 rings (SSSR count). The molecule has 38 heavy (non-hydrogen) atoms. The number of carbonyl (C=O) groups is 3. The maximum atomic E-state index is 13.0. The quantitative estimate of drug-likeness (QED) is 0.343. The van der Waals surface area contributed by atoms with Gasteiger partial charge in [-0.3, -0.25) is 9.59 Å². The molecule has 0 spiro atoms. The number of ether oxygens (including phenoxy) is 1. The lowest BCUT2D eigenvalue weighted by atomic mass is 9.53. The molecule has 0 atom stereocenters. The SMILES string of the molecule is N#CCCN(C(=O)COC(=O)c1ccccc1SCC(=O)NC12CC3CC(CC(C3)C1)C2)c1ccccc1. The van der Waals surface area contributed by atoms with Crippen molar-refractivity contribution >= 4 is 35.2 Å². The monoisotopic (exact) mass is 531 g/mol. The molecule has 4 bridgehead atoms. The van der Waals surface area contributed by atoms with Crippen molar-refractivity contribution in [2.45, 2.75) is 55.4 Å². The van der Waals surface area contributed by atoms with Gasteiger partial charge in [-0.25, -0.2) is 4.79 Å². The van der Waals surface area contributed by atoms with E-state index in [0.29, 0.717) is 16.1 Å². The number of nitrogens with one attached hydrogen (secondary N) is 1. The van der Waals surface area contributed by atoms with E-state index in [2.05, 4.69) is 5.32 Å². The lowest BCUT2D eigenvalue weighted by Crippen LogP contribution is -2.60. The second-order valence-corrected chi connectivity index (χ2v) is 11.9. The number of esters is 1. The molecule has 2 aromatic rings. The molecule has 4 aliphatic rings. The molecule has 1 N–H and O–H groups in total. The normalized spacial score (nSPS) is 24.9. The number of thioether (sulfide) groups is 1. The number of anilines is 1. The summed E-state index contributed by atoms with van der Waals surface area (Å²) in [5, 5.41) is 12.4. The Hall–Kier alpha value is -3.31. The van der Waals surface area contributed by atoms with Gasteiger partial charge in [0.25, 0.3) is 5.91 Å². The van der Waals surface area contributed by atoms with Gasteiger partial charge in [0.05, 0.1) is 23.8 Å². The number of nitriles is 1. The summed E-state index contributed by atoms with van der Waals surface area (Å²) in [6.07, 6.45) is 7.43. The molecule has 7 nitrogen and oxygen atoms in total. The third-order valence-corrected chi connectivity index (χ3v) is 9.12. The summed E-state index contributed by atoms with van der Waals surface area (Å²) in [6, 6.07) is 18.1. The molecule has 4 aliphatic carbocycles. The van der Waals surface area contributed by atoms with Gasteiger partial charge in [-0.1, -0.05) is 30.3 Å². The summed E-state index contributed by atoms with van der Waals surface area (Å²) in [5.74, 6) is 1.48. The van der Waals surface area contributed by atoms with Crippen LogP contribution in [0.2, 0.25) is 0 Å². The topological polar surface area (TPSA) is 99.5 Å². The van der Waals surface area contributed by atoms with Gasteiger partial charge < -0.3 is 15.0 Å². The van der Waals surface area contributed by atoms with Crippen molar-refractivity contribution in [3.63, 3.8) is 0 Å². The lowest BCUT2D eigenvalue weighted by Gasteiger charge is -2.56. The molecule has 0 aromatic heterocycles. The first-order valence-corrected chi connectivity index (χ1v) is 14.4. The van der Waals surface area contributed by atoms with Crippen LogP contribution in [0.4, 0.5) is 5.69 Å². The molecule has 0 unspecified atom stereocenters. The fraction of sp³-hybridized carbons (Fsp3) is 0.467. The van der Waals surface area contributed by atoms with Crippen molar-refractivity contribution in [3.8, 4) is 6.07 Å². The molecule has 0 saturated heterocycles. The van der Waals surface area contributed by atoms with E-state index in [0.717, 1.165) is 37.0 Å². The summed E-state index contributed by atoms with van der Waals surface area (Å²) < 4.78 is 5.38. The average molecular weight is 532 g/mol. The van der Waals surface area contributed by atoms with Gasteiger partial charge in [-0.15, -0.1) is 11.8 Å². The van der Waals surface area contributed by atoms with Crippen molar-refractivity contribution < 1.29 is 19.1 Å². The molecule has 4 saturated carbocycles. The minimum Gasteiger partial charge on any atom is -0.452 e. The van der Waals surface area contributed by atoms with Crippen LogP contribution in [0, 0.1) is 29.1 Å². The predicted molar refractivity (Wildman–Crippen MR) is 146 cm³/mol. The number of carbonyl (C=O) groups excluding carboxylic acids is 3. The maximum Gasteiger partial charge on any atom is 0.339 e. The zero-order chi connectivity index (χ0) is 26.5. The van der Waals surface area contributed by atoms with Gasteiger partial charge in [0.1, 0.15) is 0 Å². The average Bonchev–Trinajstić information content (AvgIpc) is 2.90. The van der Waals surface area contributed by atoms with E-state index in [9.17, 15) is 14.4 Å². The molecular weight excluding hydrogens is 498 g/mol. The number of para-hydroxylation sites is 1. The van der Waals surface area contributed by atoms with Crippen LogP contribution in [0.3, 0.4) is 0 Å². The van der Waals surface area contributed by atoms with Gasteiger partial charge >= 0.3 is 5.97 Å². The van der Waals surface area contributed by atoms with Crippen LogP contribution in [0.15, 0.2) is 59.5 Å². The third kappa shape index (κ3) is 6.05. The Balaban J connectivity index is 1.17. The van der Waals surface area contributed by atoms with Crippen molar-refractivity contribution in [3.05, 3.63) is 60.2 Å². The van der Waals surface area contributed by atoms with Crippen molar-refractivity contribution in [1.29, 1.82) is 5.26 Å². The molecule has 8 heteroatoms. The highest BCUT2D eigenvalue weighted by atomic mass is 32.2. The fourth-order valence-electron chi connectivity index (χ4n) is 6.95. The smallest absolute Gasteiger partial charge is 0.339 e. The molecule has 2 aromatic carbocycles. The zero-order valence-electron chi connectivity index (χ0n) is 21.4. The molecule has 0 aliphatic heterocycles. The number of benzene rings is 2. The number of rotatable bonds is 10. The largest absolute Gasteiger partial charge is 0.452 e. The summed E-state index contributed by atoms with van der Waals surface area (Å²) in [4.78, 5) is 40.9. The van der Waals surface area contributed by atoms with Gasteiger partial charge in [-0.05, 0) is 80.5 Å². The Morgan fingerprint density at radius 3 is 2.26 bits per heavy atom. The van der Waals surface area contributed by atoms with Crippen molar-refractivity contribution in [1.82, 2.24) is 5.32 Å². The highest BCUT2D eigenvalue weighted by Crippen LogP contribution is 2.55. The minimum absolute atomic E-state index is 0.00583.